The Morgan fingerprint density at radius 3 is 2.57 bits per heavy atom. The second-order valence-corrected chi connectivity index (χ2v) is 10.5. The molecule has 3 aliphatic rings. The Hall–Kier alpha value is -0.950. The van der Waals surface area contributed by atoms with Gasteiger partial charge in [0.25, 0.3) is 0 Å². The molecule has 3 rings (SSSR count). The third kappa shape index (κ3) is 3.96. The van der Waals surface area contributed by atoms with Crippen molar-refractivity contribution in [3.05, 3.63) is 12.2 Å². The maximum Gasteiger partial charge on any atom is 0.306 e. The van der Waals surface area contributed by atoms with E-state index in [0.717, 1.165) is 18.4 Å². The highest BCUT2D eigenvalue weighted by Gasteiger charge is 2.62. The van der Waals surface area contributed by atoms with E-state index < -0.39 is 35.6 Å². The lowest BCUT2D eigenvalue weighted by atomic mass is 9.60. The molecule has 9 atom stereocenters. The van der Waals surface area contributed by atoms with Gasteiger partial charge < -0.3 is 24.8 Å². The van der Waals surface area contributed by atoms with Gasteiger partial charge in [-0.05, 0) is 57.8 Å². The van der Waals surface area contributed by atoms with Gasteiger partial charge in [-0.1, -0.05) is 32.9 Å². The topological polar surface area (TPSA) is 96.2 Å². The maximum absolute atomic E-state index is 12.5. The Morgan fingerprint density at radius 1 is 1.30 bits per heavy atom. The molecule has 2 aliphatic heterocycles. The van der Waals surface area contributed by atoms with Gasteiger partial charge in [0, 0.05) is 18.3 Å². The zero-order valence-electron chi connectivity index (χ0n) is 19.1. The summed E-state index contributed by atoms with van der Waals surface area (Å²) in [7, 11) is 0. The van der Waals surface area contributed by atoms with E-state index in [0.29, 0.717) is 31.1 Å². The number of aliphatic hydroxyl groups excluding tert-OH is 2. The lowest BCUT2D eigenvalue weighted by Gasteiger charge is -2.46. The molecule has 2 saturated heterocycles. The fourth-order valence-corrected chi connectivity index (χ4v) is 6.07. The molecule has 3 fully saturated rings. The van der Waals surface area contributed by atoms with E-state index in [9.17, 15) is 20.1 Å². The molecule has 0 spiro atoms. The number of rotatable bonds is 4. The Kier molecular flexibility index (Phi) is 6.74. The molecule has 0 amide bonds. The molecule has 6 nitrogen and oxygen atoms in total. The molecular formula is C24H40O6. The third-order valence-corrected chi connectivity index (χ3v) is 7.94. The first-order chi connectivity index (χ1) is 13.9. The SMILES string of the molecule is C=C1CCC(C(C)C)C2C1C1OC2C(C)(OC(=O)CCC)CCC(O)C(C)(O)C1O. The molecule has 6 heteroatoms. The first-order valence-corrected chi connectivity index (χ1v) is 11.6. The molecule has 0 aromatic heterocycles. The third-order valence-electron chi connectivity index (χ3n) is 7.94. The van der Waals surface area contributed by atoms with Crippen molar-refractivity contribution < 1.29 is 29.6 Å². The first-order valence-electron chi connectivity index (χ1n) is 11.6. The van der Waals surface area contributed by atoms with Crippen molar-refractivity contribution in [3.8, 4) is 0 Å². The minimum atomic E-state index is -1.73. The Morgan fingerprint density at radius 2 is 1.97 bits per heavy atom. The normalized spacial score (nSPS) is 46.7. The van der Waals surface area contributed by atoms with E-state index in [4.69, 9.17) is 9.47 Å². The molecule has 2 heterocycles. The fourth-order valence-electron chi connectivity index (χ4n) is 6.07. The summed E-state index contributed by atoms with van der Waals surface area (Å²) in [5.41, 5.74) is -1.67. The average molecular weight is 425 g/mol. The van der Waals surface area contributed by atoms with E-state index in [2.05, 4.69) is 20.4 Å². The van der Waals surface area contributed by atoms with Gasteiger partial charge in [0.15, 0.2) is 0 Å². The minimum Gasteiger partial charge on any atom is -0.457 e. The molecule has 3 N–H and O–H groups in total. The standard InChI is InChI=1S/C24H40O6/c1-7-8-17(26)30-23(5)12-11-16(25)24(6,28)21(27)20-18-14(4)9-10-15(13(2)3)19(18)22(23)29-20/h13,15-16,18-22,25,27-28H,4,7-12H2,1-3,5-6H3. The second kappa shape index (κ2) is 8.53. The van der Waals surface area contributed by atoms with E-state index in [-0.39, 0.29) is 24.2 Å². The van der Waals surface area contributed by atoms with Crippen LogP contribution in [-0.2, 0) is 14.3 Å². The number of aliphatic hydroxyl groups is 3. The van der Waals surface area contributed by atoms with Gasteiger partial charge in [0.2, 0.25) is 0 Å². The summed E-state index contributed by atoms with van der Waals surface area (Å²) < 4.78 is 12.5. The lowest BCUT2D eigenvalue weighted by Crippen LogP contribution is -2.57. The van der Waals surface area contributed by atoms with Gasteiger partial charge in [-0.3, -0.25) is 4.79 Å². The Balaban J connectivity index is 2.09. The molecule has 172 valence electrons. The van der Waals surface area contributed by atoms with Crippen LogP contribution in [0.1, 0.15) is 73.1 Å². The van der Waals surface area contributed by atoms with Crippen LogP contribution in [0, 0.1) is 23.7 Å². The largest absolute Gasteiger partial charge is 0.457 e. The zero-order chi connectivity index (χ0) is 22.4. The molecule has 1 saturated carbocycles. The summed E-state index contributed by atoms with van der Waals surface area (Å²) in [6.45, 7) is 14.0. The molecule has 30 heavy (non-hydrogen) atoms. The number of hydrogen-bond donors (Lipinski definition) is 3. The number of esters is 1. The van der Waals surface area contributed by atoms with E-state index in [1.54, 1.807) is 0 Å². The van der Waals surface area contributed by atoms with Crippen molar-refractivity contribution in [2.75, 3.05) is 0 Å². The molecule has 0 radical (unpaired) electrons. The number of ether oxygens (including phenoxy) is 2. The summed E-state index contributed by atoms with van der Waals surface area (Å²) >= 11 is 0. The van der Waals surface area contributed by atoms with Crippen LogP contribution in [-0.4, -0.2) is 56.9 Å². The van der Waals surface area contributed by atoms with Crippen molar-refractivity contribution in [1.82, 2.24) is 0 Å². The molecule has 0 aromatic rings. The average Bonchev–Trinajstić information content (AvgIpc) is 3.07. The highest BCUT2D eigenvalue weighted by Crippen LogP contribution is 2.56. The van der Waals surface area contributed by atoms with Crippen LogP contribution in [0.4, 0.5) is 0 Å². The smallest absolute Gasteiger partial charge is 0.306 e. The minimum absolute atomic E-state index is 0.0383. The van der Waals surface area contributed by atoms with Crippen LogP contribution in [0.15, 0.2) is 12.2 Å². The molecule has 1 aliphatic carbocycles. The highest BCUT2D eigenvalue weighted by molar-refractivity contribution is 5.69. The number of hydrogen-bond acceptors (Lipinski definition) is 6. The summed E-state index contributed by atoms with van der Waals surface area (Å²) in [4.78, 5) is 12.5. The van der Waals surface area contributed by atoms with Crippen molar-refractivity contribution in [1.29, 1.82) is 0 Å². The predicted molar refractivity (Wildman–Crippen MR) is 114 cm³/mol. The van der Waals surface area contributed by atoms with Crippen LogP contribution in [0.25, 0.3) is 0 Å². The van der Waals surface area contributed by atoms with Crippen LogP contribution in [0.5, 0.6) is 0 Å². The van der Waals surface area contributed by atoms with Crippen molar-refractivity contribution in [3.63, 3.8) is 0 Å². The Labute approximate surface area is 180 Å². The number of carbonyl (C=O) groups excluding carboxylic acids is 1. The van der Waals surface area contributed by atoms with Gasteiger partial charge in [-0.25, -0.2) is 0 Å². The predicted octanol–water partition coefficient (Wildman–Crippen LogP) is 2.98. The van der Waals surface area contributed by atoms with Gasteiger partial charge in [0.05, 0.1) is 12.2 Å². The van der Waals surface area contributed by atoms with Gasteiger partial charge in [0.1, 0.15) is 23.4 Å². The first kappa shape index (κ1) is 23.7. The summed E-state index contributed by atoms with van der Waals surface area (Å²) in [6, 6.07) is 0. The zero-order valence-corrected chi connectivity index (χ0v) is 19.1. The fraction of sp³-hybridized carbons (Fsp3) is 0.875. The molecule has 9 unspecified atom stereocenters. The van der Waals surface area contributed by atoms with Crippen LogP contribution >= 0.6 is 0 Å². The maximum atomic E-state index is 12.5. The van der Waals surface area contributed by atoms with E-state index >= 15 is 0 Å². The molecular weight excluding hydrogens is 384 g/mol. The van der Waals surface area contributed by atoms with Crippen molar-refractivity contribution >= 4 is 5.97 Å². The number of fused-ring (bicyclic) bond motifs is 5. The van der Waals surface area contributed by atoms with Crippen molar-refractivity contribution in [2.24, 2.45) is 23.7 Å². The number of carbonyl (C=O) groups is 1. The monoisotopic (exact) mass is 424 g/mol. The van der Waals surface area contributed by atoms with Crippen molar-refractivity contribution in [2.45, 2.75) is 109 Å². The van der Waals surface area contributed by atoms with E-state index in [1.165, 1.54) is 6.92 Å². The van der Waals surface area contributed by atoms with Crippen LogP contribution < -0.4 is 0 Å². The van der Waals surface area contributed by atoms with Gasteiger partial charge in [-0.2, -0.15) is 0 Å². The summed E-state index contributed by atoms with van der Waals surface area (Å²) in [5, 5.41) is 32.9. The van der Waals surface area contributed by atoms with Gasteiger partial charge in [-0.15, -0.1) is 0 Å². The Bertz CT molecular complexity index is 658. The van der Waals surface area contributed by atoms with Crippen LogP contribution in [0.2, 0.25) is 0 Å². The van der Waals surface area contributed by atoms with Crippen LogP contribution in [0.3, 0.4) is 0 Å². The molecule has 0 aromatic carbocycles. The summed E-state index contributed by atoms with van der Waals surface area (Å²) in [5.74, 6) is 0.349. The van der Waals surface area contributed by atoms with Gasteiger partial charge >= 0.3 is 5.97 Å². The molecule has 2 bridgehead atoms. The highest BCUT2D eigenvalue weighted by atomic mass is 16.6. The lowest BCUT2D eigenvalue weighted by molar-refractivity contribution is -0.191. The quantitative estimate of drug-likeness (QED) is 0.474. The second-order valence-electron chi connectivity index (χ2n) is 10.5. The summed E-state index contributed by atoms with van der Waals surface area (Å²) in [6.07, 6.45) is -0.133. The van der Waals surface area contributed by atoms with E-state index in [1.807, 2.05) is 13.8 Å².